The Bertz CT molecular complexity index is 245. The highest BCUT2D eigenvalue weighted by atomic mass is 32.2. The van der Waals surface area contributed by atoms with Gasteiger partial charge in [0.2, 0.25) is 0 Å². The molecule has 0 radical (unpaired) electrons. The summed E-state index contributed by atoms with van der Waals surface area (Å²) in [6, 6.07) is 0. The molecule has 4 nitrogen and oxygen atoms in total. The zero-order chi connectivity index (χ0) is 15.1. The van der Waals surface area contributed by atoms with E-state index in [2.05, 4.69) is 10.9 Å². The van der Waals surface area contributed by atoms with Crippen LogP contribution in [0.15, 0.2) is 0 Å². The zero-order valence-corrected chi connectivity index (χ0v) is 14.5. The van der Waals surface area contributed by atoms with Gasteiger partial charge in [-0.15, -0.1) is 0 Å². The minimum atomic E-state index is -4.29. The first-order valence-corrected chi connectivity index (χ1v) is 10.4. The van der Waals surface area contributed by atoms with Crippen LogP contribution >= 0.6 is 19.9 Å². The number of hydrogen-bond acceptors (Lipinski definition) is 3. The Hall–Kier alpha value is 0.460. The molecule has 0 spiro atoms. The molecule has 0 aromatic rings. The summed E-state index contributed by atoms with van der Waals surface area (Å²) in [6.45, 7) is 2.25. The lowest BCUT2D eigenvalue weighted by Crippen LogP contribution is -1.85. The lowest BCUT2D eigenvalue weighted by molar-refractivity contribution is 0.298. The first kappa shape index (κ1) is 20.5. The van der Waals surface area contributed by atoms with E-state index in [0.717, 1.165) is 24.9 Å². The van der Waals surface area contributed by atoms with Crippen LogP contribution in [0, 0.1) is 0 Å². The molecule has 0 amide bonds. The summed E-state index contributed by atoms with van der Waals surface area (Å²) in [4.78, 5) is 17.0. The smallest absolute Gasteiger partial charge is 0.302 e. The van der Waals surface area contributed by atoms with Crippen LogP contribution in [0.1, 0.15) is 84.0 Å². The molecule has 0 atom stereocenters. The van der Waals surface area contributed by atoms with E-state index in [-0.39, 0.29) is 0 Å². The minimum Gasteiger partial charge on any atom is -0.302 e. The lowest BCUT2D eigenvalue weighted by Gasteiger charge is -2.04. The van der Waals surface area contributed by atoms with Gasteiger partial charge in [0.25, 0.3) is 0 Å². The van der Waals surface area contributed by atoms with Gasteiger partial charge in [-0.2, -0.15) is 0 Å². The Kier molecular flexibility index (Phi) is 14.7. The normalized spacial score (nSPS) is 11.9. The van der Waals surface area contributed by atoms with Crippen LogP contribution in [0.3, 0.4) is 0 Å². The number of rotatable bonds is 15. The van der Waals surface area contributed by atoms with Crippen LogP contribution in [0.5, 0.6) is 0 Å². The number of unbranched alkanes of at least 4 members (excludes halogenated alkanes) is 11. The summed E-state index contributed by atoms with van der Waals surface area (Å²) in [6.07, 6.45) is 15.5. The van der Waals surface area contributed by atoms with Gasteiger partial charge in [0.05, 0.1) is 0 Å². The average molecular weight is 326 g/mol. The molecule has 0 aromatic carbocycles. The zero-order valence-electron chi connectivity index (χ0n) is 12.8. The van der Waals surface area contributed by atoms with Gasteiger partial charge in [0.1, 0.15) is 0 Å². The maximum Gasteiger partial charge on any atom is 0.480 e. The molecule has 6 heteroatoms. The Balaban J connectivity index is 3.01. The molecule has 122 valence electrons. The lowest BCUT2D eigenvalue weighted by atomic mass is 10.1. The monoisotopic (exact) mass is 326 g/mol. The fraction of sp³-hybridized carbons (Fsp3) is 1.00. The van der Waals surface area contributed by atoms with Gasteiger partial charge in [0.15, 0.2) is 0 Å². The fourth-order valence-corrected chi connectivity index (χ4v) is 3.28. The first-order chi connectivity index (χ1) is 9.56. The van der Waals surface area contributed by atoms with E-state index in [1.807, 2.05) is 0 Å². The van der Waals surface area contributed by atoms with Crippen molar-refractivity contribution in [2.45, 2.75) is 84.0 Å². The second-order valence-electron chi connectivity index (χ2n) is 5.28. The van der Waals surface area contributed by atoms with Crippen LogP contribution in [-0.4, -0.2) is 15.5 Å². The van der Waals surface area contributed by atoms with E-state index in [4.69, 9.17) is 9.79 Å². The molecule has 20 heavy (non-hydrogen) atoms. The molecular formula is C14H31O4PS. The van der Waals surface area contributed by atoms with E-state index < -0.39 is 7.82 Å². The van der Waals surface area contributed by atoms with Crippen molar-refractivity contribution in [3.8, 4) is 0 Å². The molecule has 2 N–H and O–H groups in total. The molecule has 0 unspecified atom stereocenters. The molecule has 0 aliphatic heterocycles. The summed E-state index contributed by atoms with van der Waals surface area (Å²) < 4.78 is 14.7. The van der Waals surface area contributed by atoms with Gasteiger partial charge in [0, 0.05) is 17.8 Å². The third kappa shape index (κ3) is 18.5. The SMILES string of the molecule is CCCCCCCCCCCCCCSOP(=O)(O)O. The van der Waals surface area contributed by atoms with Crippen molar-refractivity contribution in [1.29, 1.82) is 0 Å². The van der Waals surface area contributed by atoms with E-state index in [9.17, 15) is 4.57 Å². The van der Waals surface area contributed by atoms with Gasteiger partial charge in [-0.25, -0.2) is 8.54 Å². The summed E-state index contributed by atoms with van der Waals surface area (Å²) >= 11 is 0.878. The van der Waals surface area contributed by atoms with Crippen LogP contribution in [0.4, 0.5) is 0 Å². The molecule has 0 aliphatic carbocycles. The van der Waals surface area contributed by atoms with Gasteiger partial charge >= 0.3 is 7.82 Å². The van der Waals surface area contributed by atoms with Crippen molar-refractivity contribution in [3.05, 3.63) is 0 Å². The van der Waals surface area contributed by atoms with E-state index in [0.29, 0.717) is 5.75 Å². The largest absolute Gasteiger partial charge is 0.480 e. The predicted molar refractivity (Wildman–Crippen MR) is 86.7 cm³/mol. The Morgan fingerprint density at radius 3 is 1.60 bits per heavy atom. The standard InChI is InChI=1S/C14H31O4PS/c1-2-3-4-5-6-7-8-9-10-11-12-13-14-20-18-19(15,16)17/h2-14H2,1H3,(H2,15,16,17). The second-order valence-corrected chi connectivity index (χ2v) is 7.50. The van der Waals surface area contributed by atoms with Crippen LogP contribution in [-0.2, 0) is 8.54 Å². The topological polar surface area (TPSA) is 66.8 Å². The molecule has 0 aliphatic rings. The summed E-state index contributed by atoms with van der Waals surface area (Å²) in [5.41, 5.74) is 0. The van der Waals surface area contributed by atoms with Crippen LogP contribution < -0.4 is 0 Å². The molecular weight excluding hydrogens is 295 g/mol. The molecule has 0 aromatic heterocycles. The van der Waals surface area contributed by atoms with Crippen molar-refractivity contribution >= 4 is 19.9 Å². The summed E-state index contributed by atoms with van der Waals surface area (Å²) in [5, 5.41) is 0. The predicted octanol–water partition coefficient (Wildman–Crippen LogP) is 5.45. The van der Waals surface area contributed by atoms with Gasteiger partial charge < -0.3 is 9.79 Å². The Morgan fingerprint density at radius 2 is 1.20 bits per heavy atom. The van der Waals surface area contributed by atoms with Gasteiger partial charge in [-0.3, -0.25) is 0 Å². The van der Waals surface area contributed by atoms with Crippen molar-refractivity contribution in [3.63, 3.8) is 0 Å². The number of phosphoric acid groups is 1. The minimum absolute atomic E-state index is 0.655. The second kappa shape index (κ2) is 14.4. The molecule has 0 rings (SSSR count). The maximum absolute atomic E-state index is 10.4. The van der Waals surface area contributed by atoms with E-state index >= 15 is 0 Å². The fourth-order valence-electron chi connectivity index (χ4n) is 2.11. The highest BCUT2D eigenvalue weighted by molar-refractivity contribution is 7.97. The van der Waals surface area contributed by atoms with Gasteiger partial charge in [-0.1, -0.05) is 77.6 Å². The third-order valence-corrected chi connectivity index (χ3v) is 4.88. The highest BCUT2D eigenvalue weighted by Crippen LogP contribution is 2.41. The van der Waals surface area contributed by atoms with Crippen molar-refractivity contribution < 1.29 is 18.3 Å². The van der Waals surface area contributed by atoms with Crippen LogP contribution in [0.25, 0.3) is 0 Å². The number of hydrogen-bond donors (Lipinski definition) is 2. The van der Waals surface area contributed by atoms with E-state index in [1.54, 1.807) is 0 Å². The average Bonchev–Trinajstić information content (AvgIpc) is 2.38. The summed E-state index contributed by atoms with van der Waals surface area (Å²) in [7, 11) is -4.29. The highest BCUT2D eigenvalue weighted by Gasteiger charge is 2.13. The molecule has 0 saturated heterocycles. The van der Waals surface area contributed by atoms with Crippen molar-refractivity contribution in [2.24, 2.45) is 0 Å². The first-order valence-electron chi connectivity index (χ1n) is 7.93. The Labute approximate surface area is 128 Å². The molecule has 0 saturated carbocycles. The van der Waals surface area contributed by atoms with Crippen LogP contribution in [0.2, 0.25) is 0 Å². The quantitative estimate of drug-likeness (QED) is 0.238. The summed E-state index contributed by atoms with van der Waals surface area (Å²) in [5.74, 6) is 0.655. The third-order valence-electron chi connectivity index (χ3n) is 3.23. The maximum atomic E-state index is 10.4. The molecule has 0 heterocycles. The van der Waals surface area contributed by atoms with E-state index in [1.165, 1.54) is 64.2 Å². The van der Waals surface area contributed by atoms with Crippen molar-refractivity contribution in [1.82, 2.24) is 0 Å². The van der Waals surface area contributed by atoms with Crippen molar-refractivity contribution in [2.75, 3.05) is 5.75 Å². The Morgan fingerprint density at radius 1 is 0.800 bits per heavy atom. The van der Waals surface area contributed by atoms with Gasteiger partial charge in [-0.05, 0) is 6.42 Å². The molecule has 0 bridgehead atoms. The molecule has 0 fully saturated rings.